The molecule has 1 aromatic heterocycles. The highest BCUT2D eigenvalue weighted by atomic mass is 32.2. The molecule has 3 heterocycles. The number of carbonyl (C=O) groups excluding carboxylic acids is 2. The SMILES string of the molecule is COc1cc([C@@H]2c3sc(=O)[nH]c3S[C@@H]3[C@H]4C[C@@H]([C@@H]5C(=O)N([C@H](C)C(=O)O)C(=O)[C@@H]45)[C@H]23)cc(OC)c1O. The number of methoxy groups -OCH3 is 2. The van der Waals surface area contributed by atoms with Crippen LogP contribution in [-0.2, 0) is 14.4 Å². The predicted molar refractivity (Wildman–Crippen MR) is 129 cm³/mol. The number of thioether (sulfide) groups is 1. The highest BCUT2D eigenvalue weighted by molar-refractivity contribution is 8.00. The number of imide groups is 1. The lowest BCUT2D eigenvalue weighted by Crippen LogP contribution is -2.44. The van der Waals surface area contributed by atoms with Gasteiger partial charge in [-0.25, -0.2) is 4.79 Å². The first kappa shape index (κ1) is 23.4. The number of rotatable bonds is 5. The summed E-state index contributed by atoms with van der Waals surface area (Å²) in [5.41, 5.74) is 0.782. The van der Waals surface area contributed by atoms with E-state index < -0.39 is 35.7 Å². The Morgan fingerprint density at radius 2 is 1.72 bits per heavy atom. The van der Waals surface area contributed by atoms with Gasteiger partial charge < -0.3 is 24.7 Å². The van der Waals surface area contributed by atoms with Crippen LogP contribution in [0.3, 0.4) is 0 Å². The molecule has 10 nitrogen and oxygen atoms in total. The predicted octanol–water partition coefficient (Wildman–Crippen LogP) is 2.11. The normalized spacial score (nSPS) is 32.8. The average Bonchev–Trinajstić information content (AvgIpc) is 3.57. The van der Waals surface area contributed by atoms with Crippen molar-refractivity contribution in [3.8, 4) is 17.2 Å². The Bertz CT molecular complexity index is 1340. The van der Waals surface area contributed by atoms with Crippen LogP contribution in [-0.4, -0.2) is 63.4 Å². The number of aromatic hydroxyl groups is 1. The lowest BCUT2D eigenvalue weighted by Gasteiger charge is -2.43. The number of hydrogen-bond donors (Lipinski definition) is 3. The molecular weight excluding hydrogens is 508 g/mol. The zero-order valence-corrected chi connectivity index (χ0v) is 21.2. The number of likely N-dealkylation sites (tertiary alicyclic amines) is 1. The molecule has 2 amide bonds. The lowest BCUT2D eigenvalue weighted by molar-refractivity contribution is -0.154. The standard InChI is InChI=1S/C24H24N2O8S2/c1-7(23(30)31)26-21(28)15-9-6-10(16(15)22(26)29)18-14(9)13(19-20(35-18)25-24(32)36-19)8-4-11(33-2)17(27)12(5-8)34-3/h4-5,7,9-10,13-16,18,27H,6H2,1-3H3,(H,25,32)(H,30,31)/t7-,9-,10+,13+,14-,15+,16+,18-/m1/s1. The van der Waals surface area contributed by atoms with Gasteiger partial charge in [0.15, 0.2) is 11.5 Å². The Balaban J connectivity index is 1.48. The zero-order chi connectivity index (χ0) is 25.6. The number of nitrogens with one attached hydrogen (secondary N) is 1. The van der Waals surface area contributed by atoms with Crippen molar-refractivity contribution in [2.45, 2.75) is 35.6 Å². The summed E-state index contributed by atoms with van der Waals surface area (Å²) in [6, 6.07) is 2.24. The summed E-state index contributed by atoms with van der Waals surface area (Å²) < 4.78 is 10.8. The van der Waals surface area contributed by atoms with E-state index in [4.69, 9.17) is 9.47 Å². The van der Waals surface area contributed by atoms with Gasteiger partial charge in [0.2, 0.25) is 17.6 Å². The van der Waals surface area contributed by atoms with Crippen molar-refractivity contribution < 1.29 is 34.1 Å². The molecule has 6 rings (SSSR count). The number of thiazole rings is 1. The maximum atomic E-state index is 13.5. The summed E-state index contributed by atoms with van der Waals surface area (Å²) in [5.74, 6) is -3.44. The van der Waals surface area contributed by atoms with Crippen molar-refractivity contribution in [1.82, 2.24) is 9.88 Å². The summed E-state index contributed by atoms with van der Waals surface area (Å²) >= 11 is 2.67. The zero-order valence-electron chi connectivity index (χ0n) is 19.6. The van der Waals surface area contributed by atoms with E-state index in [-0.39, 0.29) is 51.0 Å². The van der Waals surface area contributed by atoms with E-state index in [1.165, 1.54) is 21.1 Å². The molecule has 2 saturated carbocycles. The Morgan fingerprint density at radius 1 is 1.11 bits per heavy atom. The van der Waals surface area contributed by atoms with Gasteiger partial charge in [-0.2, -0.15) is 0 Å². The Kier molecular flexibility index (Phi) is 5.21. The van der Waals surface area contributed by atoms with E-state index in [2.05, 4.69) is 4.98 Å². The molecule has 36 heavy (non-hydrogen) atoms. The number of hydrogen-bond acceptors (Lipinski definition) is 9. The average molecular weight is 533 g/mol. The number of aromatic amines is 1. The fourth-order valence-electron chi connectivity index (χ4n) is 7.00. The number of amides is 2. The van der Waals surface area contributed by atoms with Crippen molar-refractivity contribution in [2.75, 3.05) is 14.2 Å². The number of H-pyrrole nitrogens is 1. The highest BCUT2D eigenvalue weighted by Gasteiger charge is 2.70. The van der Waals surface area contributed by atoms with Crippen molar-refractivity contribution in [2.24, 2.45) is 29.6 Å². The summed E-state index contributed by atoms with van der Waals surface area (Å²) in [4.78, 5) is 55.4. The number of benzene rings is 1. The minimum atomic E-state index is -1.22. The van der Waals surface area contributed by atoms with Gasteiger partial charge in [-0.15, -0.1) is 11.8 Å². The van der Waals surface area contributed by atoms with Crippen LogP contribution in [0.2, 0.25) is 0 Å². The number of fused-ring (bicyclic) bond motifs is 9. The first-order valence-electron chi connectivity index (χ1n) is 11.6. The first-order valence-corrected chi connectivity index (χ1v) is 13.3. The minimum Gasteiger partial charge on any atom is -0.502 e. The monoisotopic (exact) mass is 532 g/mol. The molecule has 4 aliphatic rings. The van der Waals surface area contributed by atoms with Crippen LogP contribution >= 0.6 is 23.1 Å². The van der Waals surface area contributed by atoms with Crippen molar-refractivity contribution in [3.05, 3.63) is 32.2 Å². The number of nitrogens with zero attached hydrogens (tertiary/aromatic N) is 1. The lowest BCUT2D eigenvalue weighted by atomic mass is 9.68. The summed E-state index contributed by atoms with van der Waals surface area (Å²) in [5, 5.41) is 20.7. The largest absolute Gasteiger partial charge is 0.502 e. The van der Waals surface area contributed by atoms with Gasteiger partial charge in [0.05, 0.1) is 31.1 Å². The first-order chi connectivity index (χ1) is 17.2. The number of phenolic OH excluding ortho intramolecular Hbond substituents is 1. The molecule has 0 radical (unpaired) electrons. The molecule has 1 saturated heterocycles. The van der Waals surface area contributed by atoms with Gasteiger partial charge >= 0.3 is 10.8 Å². The molecule has 190 valence electrons. The maximum Gasteiger partial charge on any atom is 0.326 e. The third kappa shape index (κ3) is 2.97. The second kappa shape index (κ2) is 8.01. The van der Waals surface area contributed by atoms with Crippen molar-refractivity contribution in [3.63, 3.8) is 0 Å². The van der Waals surface area contributed by atoms with E-state index in [0.29, 0.717) is 6.42 Å². The molecule has 0 unspecified atom stereocenters. The van der Waals surface area contributed by atoms with E-state index in [9.17, 15) is 29.4 Å². The van der Waals surface area contributed by atoms with E-state index in [0.717, 1.165) is 31.7 Å². The van der Waals surface area contributed by atoms with Crippen molar-refractivity contribution in [1.29, 1.82) is 0 Å². The fourth-order valence-corrected chi connectivity index (χ4v) is 9.89. The number of carboxylic acid groups (broad SMARTS) is 1. The number of aromatic nitrogens is 1. The van der Waals surface area contributed by atoms with Crippen LogP contribution in [0.15, 0.2) is 22.0 Å². The van der Waals surface area contributed by atoms with Crippen LogP contribution in [0, 0.1) is 29.6 Å². The van der Waals surface area contributed by atoms with E-state index in [1.807, 2.05) is 0 Å². The molecule has 3 N–H and O–H groups in total. The van der Waals surface area contributed by atoms with Crippen LogP contribution in [0.1, 0.15) is 29.7 Å². The smallest absolute Gasteiger partial charge is 0.326 e. The Hall–Kier alpha value is -2.99. The molecule has 3 fully saturated rings. The molecular formula is C24H24N2O8S2. The van der Waals surface area contributed by atoms with Gasteiger partial charge in [-0.3, -0.25) is 19.3 Å². The van der Waals surface area contributed by atoms with Crippen LogP contribution < -0.4 is 14.3 Å². The molecule has 12 heteroatoms. The molecule has 0 spiro atoms. The fraction of sp³-hybridized carbons (Fsp3) is 0.500. The number of aliphatic carboxylic acids is 1. The minimum absolute atomic E-state index is 0.0402. The number of ether oxygens (including phenoxy) is 2. The summed E-state index contributed by atoms with van der Waals surface area (Å²) in [6.07, 6.45) is 0.687. The molecule has 2 aromatic rings. The molecule has 2 aliphatic heterocycles. The van der Waals surface area contributed by atoms with Crippen LogP contribution in [0.5, 0.6) is 17.2 Å². The van der Waals surface area contributed by atoms with Gasteiger partial charge in [0, 0.05) is 16.0 Å². The number of phenols is 1. The third-order valence-corrected chi connectivity index (χ3v) is 11.0. The number of carboxylic acids is 1. The second-order valence-electron chi connectivity index (χ2n) is 9.80. The molecule has 2 bridgehead atoms. The van der Waals surface area contributed by atoms with Gasteiger partial charge in [0.1, 0.15) is 6.04 Å². The highest BCUT2D eigenvalue weighted by Crippen LogP contribution is 2.69. The Labute approximate surface area is 213 Å². The molecule has 8 atom stereocenters. The Morgan fingerprint density at radius 3 is 2.31 bits per heavy atom. The second-order valence-corrected chi connectivity index (χ2v) is 12.0. The summed E-state index contributed by atoms with van der Waals surface area (Å²) in [6.45, 7) is 1.36. The third-order valence-electron chi connectivity index (χ3n) is 8.36. The van der Waals surface area contributed by atoms with Gasteiger partial charge in [0.25, 0.3) is 0 Å². The number of carbonyl (C=O) groups is 3. The topological polar surface area (TPSA) is 146 Å². The van der Waals surface area contributed by atoms with Gasteiger partial charge in [-0.05, 0) is 48.8 Å². The quantitative estimate of drug-likeness (QED) is 0.493. The van der Waals surface area contributed by atoms with E-state index in [1.54, 1.807) is 23.9 Å². The van der Waals surface area contributed by atoms with E-state index >= 15 is 0 Å². The van der Waals surface area contributed by atoms with Gasteiger partial charge in [-0.1, -0.05) is 11.3 Å². The molecule has 1 aromatic carbocycles. The van der Waals surface area contributed by atoms with Crippen LogP contribution in [0.4, 0.5) is 0 Å². The van der Waals surface area contributed by atoms with Crippen LogP contribution in [0.25, 0.3) is 0 Å². The molecule has 2 aliphatic carbocycles. The summed E-state index contributed by atoms with van der Waals surface area (Å²) in [7, 11) is 2.89. The van der Waals surface area contributed by atoms with Crippen molar-refractivity contribution >= 4 is 40.9 Å². The maximum absolute atomic E-state index is 13.5.